The van der Waals surface area contributed by atoms with E-state index in [1.165, 1.54) is 6.20 Å². The van der Waals surface area contributed by atoms with Crippen LogP contribution in [0.4, 0.5) is 5.82 Å². The van der Waals surface area contributed by atoms with Crippen molar-refractivity contribution in [2.45, 2.75) is 26.2 Å². The first-order valence-corrected chi connectivity index (χ1v) is 6.23. The van der Waals surface area contributed by atoms with Gasteiger partial charge in [-0.15, -0.1) is 0 Å². The molecule has 102 valence electrons. The molecule has 0 fully saturated rings. The highest BCUT2D eigenvalue weighted by Crippen LogP contribution is 2.22. The van der Waals surface area contributed by atoms with E-state index in [2.05, 4.69) is 25.9 Å². The molecule has 0 aliphatic heterocycles. The fourth-order valence-corrected chi connectivity index (χ4v) is 1.84. The number of hydrogen-bond donors (Lipinski definition) is 1. The number of carbonyl (C=O) groups is 1. The molecule has 0 unspecified atom stereocenters. The van der Waals surface area contributed by atoms with Gasteiger partial charge in [-0.2, -0.15) is 15.0 Å². The van der Waals surface area contributed by atoms with E-state index in [0.717, 1.165) is 10.2 Å². The van der Waals surface area contributed by atoms with Crippen molar-refractivity contribution >= 4 is 11.7 Å². The minimum absolute atomic E-state index is 0.0281. The quantitative estimate of drug-likeness (QED) is 0.860. The molecule has 1 aromatic carbocycles. The van der Waals surface area contributed by atoms with Gasteiger partial charge in [-0.1, -0.05) is 32.9 Å². The molecule has 1 aromatic heterocycles. The number of hydrogen-bond acceptors (Lipinski definition) is 4. The molecule has 0 aliphatic rings. The van der Waals surface area contributed by atoms with Gasteiger partial charge >= 0.3 is 0 Å². The lowest BCUT2D eigenvalue weighted by Gasteiger charge is -2.18. The molecule has 20 heavy (non-hydrogen) atoms. The van der Waals surface area contributed by atoms with Crippen LogP contribution >= 0.6 is 0 Å². The maximum absolute atomic E-state index is 12.3. The number of rotatable bonds is 1. The van der Waals surface area contributed by atoms with Crippen LogP contribution in [0.1, 0.15) is 42.3 Å². The first-order valence-electron chi connectivity index (χ1n) is 6.23. The van der Waals surface area contributed by atoms with Gasteiger partial charge in [0, 0.05) is 5.56 Å². The van der Waals surface area contributed by atoms with Gasteiger partial charge in [0.2, 0.25) is 0 Å². The van der Waals surface area contributed by atoms with Crippen LogP contribution in [0, 0.1) is 11.3 Å². The monoisotopic (exact) mass is 268 g/mol. The Morgan fingerprint density at radius 2 is 1.90 bits per heavy atom. The topological polar surface area (TPSA) is 84.7 Å². The fraction of sp³-hybridized carbons (Fsp3) is 0.267. The summed E-state index contributed by atoms with van der Waals surface area (Å²) in [6, 6.07) is 9.21. The average molecular weight is 268 g/mol. The summed E-state index contributed by atoms with van der Waals surface area (Å²) in [4.78, 5) is 12.3. The number of aromatic nitrogens is 2. The predicted molar refractivity (Wildman–Crippen MR) is 76.2 cm³/mol. The highest BCUT2D eigenvalue weighted by molar-refractivity contribution is 5.97. The SMILES string of the molecule is CC(C)(C)c1ccc(C(=O)n2ncc(C#N)c2N)cc1. The van der Waals surface area contributed by atoms with Crippen LogP contribution in [0.3, 0.4) is 0 Å². The number of carbonyl (C=O) groups excluding carboxylic acids is 1. The molecule has 0 spiro atoms. The molecular weight excluding hydrogens is 252 g/mol. The zero-order valence-corrected chi connectivity index (χ0v) is 11.7. The molecule has 5 nitrogen and oxygen atoms in total. The fourth-order valence-electron chi connectivity index (χ4n) is 1.84. The van der Waals surface area contributed by atoms with Crippen molar-refractivity contribution in [1.29, 1.82) is 5.26 Å². The summed E-state index contributed by atoms with van der Waals surface area (Å²) < 4.78 is 1.05. The van der Waals surface area contributed by atoms with Crippen LogP contribution in [0.15, 0.2) is 30.5 Å². The summed E-state index contributed by atoms with van der Waals surface area (Å²) in [5, 5.41) is 12.7. The highest BCUT2D eigenvalue weighted by Gasteiger charge is 2.17. The first kappa shape index (κ1) is 13.8. The summed E-state index contributed by atoms with van der Waals surface area (Å²) in [7, 11) is 0. The van der Waals surface area contributed by atoms with E-state index < -0.39 is 0 Å². The number of anilines is 1. The minimum Gasteiger partial charge on any atom is -0.382 e. The van der Waals surface area contributed by atoms with Crippen molar-refractivity contribution in [2.24, 2.45) is 0 Å². The van der Waals surface area contributed by atoms with Gasteiger partial charge in [-0.05, 0) is 23.1 Å². The Morgan fingerprint density at radius 1 is 1.30 bits per heavy atom. The van der Waals surface area contributed by atoms with E-state index >= 15 is 0 Å². The normalized spacial score (nSPS) is 11.1. The lowest BCUT2D eigenvalue weighted by molar-refractivity contribution is 0.0948. The Morgan fingerprint density at radius 3 is 2.35 bits per heavy atom. The van der Waals surface area contributed by atoms with Gasteiger partial charge in [0.1, 0.15) is 17.5 Å². The van der Waals surface area contributed by atoms with Crippen LogP contribution in [-0.2, 0) is 5.41 Å². The van der Waals surface area contributed by atoms with Crippen molar-refractivity contribution in [3.63, 3.8) is 0 Å². The van der Waals surface area contributed by atoms with Gasteiger partial charge in [-0.3, -0.25) is 4.79 Å². The van der Waals surface area contributed by atoms with Crippen molar-refractivity contribution in [2.75, 3.05) is 5.73 Å². The van der Waals surface area contributed by atoms with E-state index in [1.54, 1.807) is 12.1 Å². The Balaban J connectivity index is 2.35. The molecule has 0 aliphatic carbocycles. The third kappa shape index (κ3) is 2.41. The zero-order chi connectivity index (χ0) is 14.9. The number of nitriles is 1. The molecule has 1 heterocycles. The molecule has 2 rings (SSSR count). The van der Waals surface area contributed by atoms with E-state index in [0.29, 0.717) is 5.56 Å². The third-order valence-corrected chi connectivity index (χ3v) is 3.12. The van der Waals surface area contributed by atoms with Gasteiger partial charge in [-0.25, -0.2) is 0 Å². The predicted octanol–water partition coefficient (Wildman–Crippen LogP) is 2.32. The Labute approximate surface area is 117 Å². The largest absolute Gasteiger partial charge is 0.382 e. The molecule has 0 atom stereocenters. The van der Waals surface area contributed by atoms with Gasteiger partial charge in [0.25, 0.3) is 5.91 Å². The van der Waals surface area contributed by atoms with E-state index in [4.69, 9.17) is 11.0 Å². The summed E-state index contributed by atoms with van der Waals surface area (Å²) >= 11 is 0. The number of nitrogen functional groups attached to an aromatic ring is 1. The standard InChI is InChI=1S/C15H16N4O/c1-15(2,3)12-6-4-10(5-7-12)14(20)19-13(17)11(8-16)9-18-19/h4-7,9H,17H2,1-3H3. The first-order chi connectivity index (χ1) is 9.34. The van der Waals surface area contributed by atoms with Crippen LogP contribution < -0.4 is 5.73 Å². The van der Waals surface area contributed by atoms with Gasteiger partial charge < -0.3 is 5.73 Å². The number of nitrogens with two attached hydrogens (primary N) is 1. The van der Waals surface area contributed by atoms with Crippen LogP contribution in [0.2, 0.25) is 0 Å². The van der Waals surface area contributed by atoms with Crippen molar-refractivity contribution in [3.05, 3.63) is 47.2 Å². The number of benzene rings is 1. The molecule has 0 bridgehead atoms. The molecule has 2 N–H and O–H groups in total. The Kier molecular flexibility index (Phi) is 3.33. The highest BCUT2D eigenvalue weighted by atomic mass is 16.2. The molecule has 0 saturated carbocycles. The summed E-state index contributed by atoms with van der Waals surface area (Å²) in [5.74, 6) is -0.276. The second-order valence-electron chi connectivity index (χ2n) is 5.60. The van der Waals surface area contributed by atoms with Crippen molar-refractivity contribution in [3.8, 4) is 6.07 Å². The van der Waals surface area contributed by atoms with E-state index in [-0.39, 0.29) is 22.7 Å². The summed E-state index contributed by atoms with van der Waals surface area (Å²) in [6.07, 6.45) is 1.29. The lowest BCUT2D eigenvalue weighted by atomic mass is 9.87. The average Bonchev–Trinajstić information content (AvgIpc) is 2.78. The second-order valence-corrected chi connectivity index (χ2v) is 5.60. The molecule has 0 amide bonds. The summed E-state index contributed by atoms with van der Waals surface area (Å²) in [5.41, 5.74) is 7.56. The summed E-state index contributed by atoms with van der Waals surface area (Å²) in [6.45, 7) is 6.32. The third-order valence-electron chi connectivity index (χ3n) is 3.12. The van der Waals surface area contributed by atoms with Gasteiger partial charge in [0.15, 0.2) is 0 Å². The van der Waals surface area contributed by atoms with Crippen LogP contribution in [0.5, 0.6) is 0 Å². The molecule has 0 saturated heterocycles. The molecule has 2 aromatic rings. The number of nitrogens with zero attached hydrogens (tertiary/aromatic N) is 3. The zero-order valence-electron chi connectivity index (χ0n) is 11.7. The molecule has 0 radical (unpaired) electrons. The maximum Gasteiger partial charge on any atom is 0.280 e. The van der Waals surface area contributed by atoms with E-state index in [1.807, 2.05) is 18.2 Å². The van der Waals surface area contributed by atoms with Crippen molar-refractivity contribution in [1.82, 2.24) is 9.78 Å². The minimum atomic E-state index is -0.343. The van der Waals surface area contributed by atoms with Crippen LogP contribution in [-0.4, -0.2) is 15.7 Å². The lowest BCUT2D eigenvalue weighted by Crippen LogP contribution is -2.17. The smallest absolute Gasteiger partial charge is 0.280 e. The maximum atomic E-state index is 12.3. The van der Waals surface area contributed by atoms with Gasteiger partial charge in [0.05, 0.1) is 6.20 Å². The molecule has 5 heteroatoms. The van der Waals surface area contributed by atoms with Crippen molar-refractivity contribution < 1.29 is 4.79 Å². The second kappa shape index (κ2) is 4.82. The molecular formula is C15H16N4O. The Bertz CT molecular complexity index is 684. The Hall–Kier alpha value is -2.61. The van der Waals surface area contributed by atoms with Crippen LogP contribution in [0.25, 0.3) is 0 Å². The van der Waals surface area contributed by atoms with E-state index in [9.17, 15) is 4.79 Å².